The molecule has 0 aromatic carbocycles. The van der Waals surface area contributed by atoms with Gasteiger partial charge in [0.05, 0.1) is 6.07 Å². The Morgan fingerprint density at radius 3 is 2.39 bits per heavy atom. The highest BCUT2D eigenvalue weighted by Gasteiger charge is 2.23. The SMILES string of the molecule is N#CC1CCN(C(=O)CCC2CCCCC2)CC1. The molecule has 0 unspecified atom stereocenters. The molecule has 1 saturated heterocycles. The second-order valence-corrected chi connectivity index (χ2v) is 5.83. The molecule has 100 valence electrons. The topological polar surface area (TPSA) is 44.1 Å². The zero-order chi connectivity index (χ0) is 12.8. The van der Waals surface area contributed by atoms with Crippen molar-refractivity contribution in [1.29, 1.82) is 5.26 Å². The second kappa shape index (κ2) is 6.78. The summed E-state index contributed by atoms with van der Waals surface area (Å²) in [5, 5.41) is 8.84. The van der Waals surface area contributed by atoms with Crippen molar-refractivity contribution < 1.29 is 4.79 Å². The van der Waals surface area contributed by atoms with E-state index in [9.17, 15) is 4.79 Å². The smallest absolute Gasteiger partial charge is 0.222 e. The molecule has 0 aromatic heterocycles. The quantitative estimate of drug-likeness (QED) is 0.770. The van der Waals surface area contributed by atoms with Crippen molar-refractivity contribution in [1.82, 2.24) is 4.90 Å². The van der Waals surface area contributed by atoms with Crippen LogP contribution in [-0.4, -0.2) is 23.9 Å². The van der Waals surface area contributed by atoms with Gasteiger partial charge in [0.1, 0.15) is 0 Å². The van der Waals surface area contributed by atoms with Crippen LogP contribution in [0.15, 0.2) is 0 Å². The van der Waals surface area contributed by atoms with Crippen LogP contribution >= 0.6 is 0 Å². The predicted octanol–water partition coefficient (Wildman–Crippen LogP) is 3.11. The van der Waals surface area contributed by atoms with Crippen LogP contribution in [0.1, 0.15) is 57.8 Å². The minimum Gasteiger partial charge on any atom is -0.343 e. The monoisotopic (exact) mass is 248 g/mol. The normalized spacial score (nSPS) is 22.7. The third-order valence-electron chi connectivity index (χ3n) is 4.52. The number of hydrogen-bond acceptors (Lipinski definition) is 2. The summed E-state index contributed by atoms with van der Waals surface area (Å²) in [6.45, 7) is 1.59. The van der Waals surface area contributed by atoms with Crippen LogP contribution in [0, 0.1) is 23.2 Å². The lowest BCUT2D eigenvalue weighted by atomic mass is 9.86. The van der Waals surface area contributed by atoms with E-state index >= 15 is 0 Å². The van der Waals surface area contributed by atoms with Crippen LogP contribution in [0.3, 0.4) is 0 Å². The first kappa shape index (κ1) is 13.4. The van der Waals surface area contributed by atoms with Gasteiger partial charge >= 0.3 is 0 Å². The maximum atomic E-state index is 12.1. The summed E-state index contributed by atoms with van der Waals surface area (Å²) < 4.78 is 0. The van der Waals surface area contributed by atoms with Crippen LogP contribution in [0.2, 0.25) is 0 Å². The zero-order valence-corrected chi connectivity index (χ0v) is 11.2. The van der Waals surface area contributed by atoms with E-state index < -0.39 is 0 Å². The first-order chi connectivity index (χ1) is 8.79. The Morgan fingerprint density at radius 2 is 1.78 bits per heavy atom. The Morgan fingerprint density at radius 1 is 1.11 bits per heavy atom. The highest BCUT2D eigenvalue weighted by Crippen LogP contribution is 2.27. The fourth-order valence-corrected chi connectivity index (χ4v) is 3.22. The highest BCUT2D eigenvalue weighted by molar-refractivity contribution is 5.76. The van der Waals surface area contributed by atoms with Crippen LogP contribution in [0.5, 0.6) is 0 Å². The van der Waals surface area contributed by atoms with Gasteiger partial charge < -0.3 is 4.90 Å². The Bertz CT molecular complexity index is 307. The number of carbonyl (C=O) groups is 1. The fourth-order valence-electron chi connectivity index (χ4n) is 3.22. The molecule has 2 fully saturated rings. The first-order valence-electron chi connectivity index (χ1n) is 7.47. The second-order valence-electron chi connectivity index (χ2n) is 5.83. The number of amides is 1. The van der Waals surface area contributed by atoms with Gasteiger partial charge in [0.15, 0.2) is 0 Å². The number of rotatable bonds is 3. The standard InChI is InChI=1S/C15H24N2O/c16-12-14-8-10-17(11-9-14)15(18)7-6-13-4-2-1-3-5-13/h13-14H,1-11H2. The van der Waals surface area contributed by atoms with Gasteiger partial charge in [-0.3, -0.25) is 4.79 Å². The minimum absolute atomic E-state index is 0.174. The average Bonchev–Trinajstić information content (AvgIpc) is 2.46. The van der Waals surface area contributed by atoms with E-state index in [1.54, 1.807) is 0 Å². The van der Waals surface area contributed by atoms with Crippen molar-refractivity contribution in [3.8, 4) is 6.07 Å². The van der Waals surface area contributed by atoms with Crippen LogP contribution in [-0.2, 0) is 4.79 Å². The van der Waals surface area contributed by atoms with Gasteiger partial charge in [-0.05, 0) is 25.2 Å². The average molecular weight is 248 g/mol. The van der Waals surface area contributed by atoms with E-state index in [1.807, 2.05) is 4.90 Å². The Hall–Kier alpha value is -1.04. The molecule has 2 rings (SSSR count). The van der Waals surface area contributed by atoms with Gasteiger partial charge in [-0.25, -0.2) is 0 Å². The first-order valence-corrected chi connectivity index (χ1v) is 7.47. The lowest BCUT2D eigenvalue weighted by Crippen LogP contribution is -2.38. The number of likely N-dealkylation sites (tertiary alicyclic amines) is 1. The van der Waals surface area contributed by atoms with Crippen molar-refractivity contribution in [3.63, 3.8) is 0 Å². The summed E-state index contributed by atoms with van der Waals surface area (Å²) in [5.74, 6) is 1.28. The number of carbonyl (C=O) groups excluding carboxylic acids is 1. The van der Waals surface area contributed by atoms with Crippen LogP contribution in [0.4, 0.5) is 0 Å². The van der Waals surface area contributed by atoms with E-state index in [4.69, 9.17) is 5.26 Å². The molecule has 3 heteroatoms. The third-order valence-corrected chi connectivity index (χ3v) is 4.52. The molecule has 1 aliphatic heterocycles. The summed E-state index contributed by atoms with van der Waals surface area (Å²) in [5.41, 5.74) is 0. The number of nitrogens with zero attached hydrogens (tertiary/aromatic N) is 2. The maximum absolute atomic E-state index is 12.1. The van der Waals surface area contributed by atoms with Gasteiger partial charge in [-0.2, -0.15) is 5.26 Å². The predicted molar refractivity (Wildman–Crippen MR) is 70.7 cm³/mol. The van der Waals surface area contributed by atoms with Crippen LogP contribution in [0.25, 0.3) is 0 Å². The molecule has 1 heterocycles. The number of piperidine rings is 1. The largest absolute Gasteiger partial charge is 0.343 e. The molecule has 3 nitrogen and oxygen atoms in total. The van der Waals surface area contributed by atoms with Gasteiger partial charge in [-0.15, -0.1) is 0 Å². The van der Waals surface area contributed by atoms with Gasteiger partial charge in [-0.1, -0.05) is 32.1 Å². The van der Waals surface area contributed by atoms with Crippen molar-refractivity contribution in [3.05, 3.63) is 0 Å². The van der Waals surface area contributed by atoms with Crippen molar-refractivity contribution in [2.75, 3.05) is 13.1 Å². The number of hydrogen-bond donors (Lipinski definition) is 0. The van der Waals surface area contributed by atoms with Crippen molar-refractivity contribution in [2.45, 2.75) is 57.8 Å². The van der Waals surface area contributed by atoms with E-state index in [1.165, 1.54) is 32.1 Å². The third kappa shape index (κ3) is 3.73. The van der Waals surface area contributed by atoms with E-state index in [-0.39, 0.29) is 5.92 Å². The number of nitriles is 1. The van der Waals surface area contributed by atoms with Gasteiger partial charge in [0, 0.05) is 25.4 Å². The molecule has 1 aliphatic carbocycles. The molecular weight excluding hydrogens is 224 g/mol. The molecule has 0 aromatic rings. The molecule has 0 N–H and O–H groups in total. The van der Waals surface area contributed by atoms with E-state index in [0.29, 0.717) is 5.91 Å². The molecule has 0 atom stereocenters. The maximum Gasteiger partial charge on any atom is 0.222 e. The van der Waals surface area contributed by atoms with E-state index in [0.717, 1.165) is 44.7 Å². The van der Waals surface area contributed by atoms with Crippen molar-refractivity contribution in [2.24, 2.45) is 11.8 Å². The van der Waals surface area contributed by atoms with Crippen molar-refractivity contribution >= 4 is 5.91 Å². The summed E-state index contributed by atoms with van der Waals surface area (Å²) in [4.78, 5) is 14.0. The lowest BCUT2D eigenvalue weighted by Gasteiger charge is -2.30. The summed E-state index contributed by atoms with van der Waals surface area (Å²) >= 11 is 0. The summed E-state index contributed by atoms with van der Waals surface area (Å²) in [6.07, 6.45) is 10.3. The van der Waals surface area contributed by atoms with Gasteiger partial charge in [0.2, 0.25) is 5.91 Å². The molecule has 1 saturated carbocycles. The fraction of sp³-hybridized carbons (Fsp3) is 0.867. The molecule has 0 radical (unpaired) electrons. The highest BCUT2D eigenvalue weighted by atomic mass is 16.2. The molecule has 0 spiro atoms. The molecule has 1 amide bonds. The summed E-state index contributed by atoms with van der Waals surface area (Å²) in [6, 6.07) is 2.31. The summed E-state index contributed by atoms with van der Waals surface area (Å²) in [7, 11) is 0. The van der Waals surface area contributed by atoms with E-state index in [2.05, 4.69) is 6.07 Å². The molecular formula is C15H24N2O. The molecule has 0 bridgehead atoms. The minimum atomic E-state index is 0.174. The zero-order valence-electron chi connectivity index (χ0n) is 11.2. The van der Waals surface area contributed by atoms with Gasteiger partial charge in [0.25, 0.3) is 0 Å². The Labute approximate surface area is 110 Å². The van der Waals surface area contributed by atoms with Crippen LogP contribution < -0.4 is 0 Å². The Kier molecular flexibility index (Phi) is 5.04. The molecule has 2 aliphatic rings. The lowest BCUT2D eigenvalue weighted by molar-refractivity contribution is -0.132. The molecule has 18 heavy (non-hydrogen) atoms. The Balaban J connectivity index is 1.67.